The van der Waals surface area contributed by atoms with Crippen molar-refractivity contribution in [3.8, 4) is 0 Å². The molecule has 1 aliphatic heterocycles. The number of benzene rings is 1. The topological polar surface area (TPSA) is 102 Å². The molecular formula is C16H18N2O6. The molecular weight excluding hydrogens is 316 g/mol. The normalized spacial score (nSPS) is 14.4. The Bertz CT molecular complexity index is 650. The van der Waals surface area contributed by atoms with Gasteiger partial charge in [-0.3, -0.25) is 9.59 Å². The summed E-state index contributed by atoms with van der Waals surface area (Å²) in [5.74, 6) is -2.29. The molecule has 1 unspecified atom stereocenters. The average molecular weight is 334 g/mol. The number of hydrogen-bond donors (Lipinski definition) is 1. The lowest BCUT2D eigenvalue weighted by atomic mass is 10.0. The van der Waals surface area contributed by atoms with Crippen LogP contribution in [0.5, 0.6) is 0 Å². The van der Waals surface area contributed by atoms with E-state index in [4.69, 9.17) is 4.84 Å². The highest BCUT2D eigenvalue weighted by Gasteiger charge is 2.40. The third-order valence-electron chi connectivity index (χ3n) is 3.41. The second-order valence-corrected chi connectivity index (χ2v) is 5.68. The lowest BCUT2D eigenvalue weighted by Crippen LogP contribution is -2.46. The number of alkyl carbamates (subject to hydrolysis) is 1. The Morgan fingerprint density at radius 3 is 2.12 bits per heavy atom. The number of hydrogen-bond acceptors (Lipinski definition) is 6. The number of methoxy groups -OCH3 is 1. The Kier molecular flexibility index (Phi) is 5.18. The van der Waals surface area contributed by atoms with Crippen LogP contribution in [0.2, 0.25) is 0 Å². The maximum atomic E-state index is 12.3. The highest BCUT2D eigenvalue weighted by atomic mass is 16.7. The zero-order valence-corrected chi connectivity index (χ0v) is 13.6. The molecule has 3 amide bonds. The quantitative estimate of drug-likeness (QED) is 0.819. The van der Waals surface area contributed by atoms with Crippen LogP contribution in [-0.4, -0.2) is 42.1 Å². The first-order valence-corrected chi connectivity index (χ1v) is 7.39. The summed E-state index contributed by atoms with van der Waals surface area (Å²) in [4.78, 5) is 53.0. The molecule has 0 saturated heterocycles. The highest BCUT2D eigenvalue weighted by molar-refractivity contribution is 6.20. The van der Waals surface area contributed by atoms with Gasteiger partial charge < -0.3 is 14.9 Å². The second-order valence-electron chi connectivity index (χ2n) is 5.68. The maximum absolute atomic E-state index is 12.3. The minimum atomic E-state index is -1.04. The van der Waals surface area contributed by atoms with E-state index in [0.29, 0.717) is 5.06 Å². The summed E-state index contributed by atoms with van der Waals surface area (Å²) >= 11 is 0. The van der Waals surface area contributed by atoms with Gasteiger partial charge in [-0.2, -0.15) is 0 Å². The Hall–Kier alpha value is -2.90. The molecule has 2 rings (SSSR count). The van der Waals surface area contributed by atoms with Gasteiger partial charge in [0.1, 0.15) is 6.04 Å². The van der Waals surface area contributed by atoms with E-state index in [1.807, 2.05) is 13.8 Å². The number of imide groups is 1. The monoisotopic (exact) mass is 334 g/mol. The smallest absolute Gasteiger partial charge is 0.407 e. The minimum Gasteiger partial charge on any atom is -0.453 e. The molecule has 24 heavy (non-hydrogen) atoms. The molecule has 0 saturated carbocycles. The number of rotatable bonds is 5. The number of amides is 3. The van der Waals surface area contributed by atoms with Crippen molar-refractivity contribution < 1.29 is 28.8 Å². The van der Waals surface area contributed by atoms with Gasteiger partial charge in [-0.1, -0.05) is 31.0 Å². The van der Waals surface area contributed by atoms with Gasteiger partial charge in [0, 0.05) is 0 Å². The first kappa shape index (κ1) is 17.5. The fourth-order valence-corrected chi connectivity index (χ4v) is 2.29. The summed E-state index contributed by atoms with van der Waals surface area (Å²) in [6.45, 7) is 3.70. The summed E-state index contributed by atoms with van der Waals surface area (Å²) in [5.41, 5.74) is 0.327. The molecule has 1 aromatic carbocycles. The van der Waals surface area contributed by atoms with Gasteiger partial charge in [-0.25, -0.2) is 9.59 Å². The molecule has 0 aromatic heterocycles. The number of fused-ring (bicyclic) bond motifs is 1. The summed E-state index contributed by atoms with van der Waals surface area (Å²) in [6.07, 6.45) is -0.545. The van der Waals surface area contributed by atoms with Crippen LogP contribution in [0.25, 0.3) is 0 Å². The van der Waals surface area contributed by atoms with Gasteiger partial charge >= 0.3 is 12.1 Å². The van der Waals surface area contributed by atoms with Gasteiger partial charge in [-0.05, 0) is 24.5 Å². The van der Waals surface area contributed by atoms with Crippen molar-refractivity contribution in [3.63, 3.8) is 0 Å². The van der Waals surface area contributed by atoms with Crippen LogP contribution in [0.1, 0.15) is 41.0 Å². The first-order chi connectivity index (χ1) is 11.3. The standard InChI is InChI=1S/C16H18N2O6/c1-9(2)8-12(17-16(22)23-3)15(21)24-18-13(19)10-6-4-5-7-11(10)14(18)20/h4-7,9,12H,8H2,1-3H3,(H,17,22). The molecule has 0 spiro atoms. The summed E-state index contributed by atoms with van der Waals surface area (Å²) in [5, 5.41) is 2.75. The predicted molar refractivity (Wildman–Crippen MR) is 81.8 cm³/mol. The van der Waals surface area contributed by atoms with E-state index in [2.05, 4.69) is 10.1 Å². The van der Waals surface area contributed by atoms with Crippen molar-refractivity contribution in [1.29, 1.82) is 0 Å². The Morgan fingerprint density at radius 2 is 1.67 bits per heavy atom. The first-order valence-electron chi connectivity index (χ1n) is 7.39. The number of nitrogens with zero attached hydrogens (tertiary/aromatic N) is 1. The molecule has 0 aliphatic carbocycles. The largest absolute Gasteiger partial charge is 0.453 e. The Balaban J connectivity index is 2.14. The van der Waals surface area contributed by atoms with Gasteiger partial charge in [0.15, 0.2) is 0 Å². The van der Waals surface area contributed by atoms with Crippen molar-refractivity contribution >= 4 is 23.9 Å². The van der Waals surface area contributed by atoms with Crippen molar-refractivity contribution in [2.24, 2.45) is 5.92 Å². The lowest BCUT2D eigenvalue weighted by molar-refractivity contribution is -0.171. The van der Waals surface area contributed by atoms with Crippen molar-refractivity contribution in [2.45, 2.75) is 26.3 Å². The van der Waals surface area contributed by atoms with Crippen LogP contribution in [0.4, 0.5) is 4.79 Å². The molecule has 0 radical (unpaired) electrons. The van der Waals surface area contributed by atoms with E-state index in [0.717, 1.165) is 7.11 Å². The third kappa shape index (κ3) is 3.53. The zero-order valence-electron chi connectivity index (χ0n) is 13.6. The highest BCUT2D eigenvalue weighted by Crippen LogP contribution is 2.23. The van der Waals surface area contributed by atoms with E-state index >= 15 is 0 Å². The van der Waals surface area contributed by atoms with E-state index in [9.17, 15) is 19.2 Å². The van der Waals surface area contributed by atoms with Gasteiger partial charge in [0.05, 0.1) is 18.2 Å². The number of ether oxygens (including phenoxy) is 1. The molecule has 1 aromatic rings. The van der Waals surface area contributed by atoms with E-state index < -0.39 is 29.9 Å². The fourth-order valence-electron chi connectivity index (χ4n) is 2.29. The molecule has 1 aliphatic rings. The van der Waals surface area contributed by atoms with Crippen LogP contribution in [0, 0.1) is 5.92 Å². The average Bonchev–Trinajstić information content (AvgIpc) is 2.79. The lowest BCUT2D eigenvalue weighted by Gasteiger charge is -2.20. The molecule has 128 valence electrons. The summed E-state index contributed by atoms with van der Waals surface area (Å²) in [7, 11) is 1.16. The van der Waals surface area contributed by atoms with Crippen LogP contribution >= 0.6 is 0 Å². The van der Waals surface area contributed by atoms with Crippen LogP contribution in [-0.2, 0) is 14.4 Å². The predicted octanol–water partition coefficient (Wildman–Crippen LogP) is 1.51. The molecule has 1 heterocycles. The third-order valence-corrected chi connectivity index (χ3v) is 3.41. The van der Waals surface area contributed by atoms with Crippen molar-refractivity contribution in [2.75, 3.05) is 7.11 Å². The molecule has 8 nitrogen and oxygen atoms in total. The minimum absolute atomic E-state index is 0.0573. The zero-order chi connectivity index (χ0) is 17.9. The van der Waals surface area contributed by atoms with Crippen LogP contribution in [0.3, 0.4) is 0 Å². The van der Waals surface area contributed by atoms with Crippen molar-refractivity contribution in [1.82, 2.24) is 10.4 Å². The fraction of sp³-hybridized carbons (Fsp3) is 0.375. The second kappa shape index (κ2) is 7.12. The van der Waals surface area contributed by atoms with Crippen LogP contribution in [0.15, 0.2) is 24.3 Å². The molecule has 8 heteroatoms. The molecule has 0 fully saturated rings. The molecule has 1 atom stereocenters. The Labute approximate surface area is 138 Å². The summed E-state index contributed by atoms with van der Waals surface area (Å²) in [6, 6.07) is 5.12. The van der Waals surface area contributed by atoms with E-state index in [-0.39, 0.29) is 23.5 Å². The van der Waals surface area contributed by atoms with Gasteiger partial charge in [0.2, 0.25) is 0 Å². The van der Waals surface area contributed by atoms with Crippen LogP contribution < -0.4 is 5.32 Å². The van der Waals surface area contributed by atoms with Gasteiger partial charge in [0.25, 0.3) is 11.8 Å². The summed E-state index contributed by atoms with van der Waals surface area (Å²) < 4.78 is 4.47. The number of hydroxylamine groups is 2. The molecule has 1 N–H and O–H groups in total. The maximum Gasteiger partial charge on any atom is 0.407 e. The number of carbonyl (C=O) groups excluding carboxylic acids is 4. The van der Waals surface area contributed by atoms with Gasteiger partial charge in [-0.15, -0.1) is 0 Å². The number of carbonyl (C=O) groups is 4. The number of nitrogens with one attached hydrogen (secondary N) is 1. The van der Waals surface area contributed by atoms with Crippen molar-refractivity contribution in [3.05, 3.63) is 35.4 Å². The van der Waals surface area contributed by atoms with E-state index in [1.165, 1.54) is 12.1 Å². The molecule has 0 bridgehead atoms. The Morgan fingerprint density at radius 1 is 1.12 bits per heavy atom. The SMILES string of the molecule is COC(=O)NC(CC(C)C)C(=O)ON1C(=O)c2ccccc2C1=O. The van der Waals surface area contributed by atoms with E-state index in [1.54, 1.807) is 12.1 Å².